The molecule has 0 aliphatic carbocycles. The van der Waals surface area contributed by atoms with E-state index in [1.165, 1.54) is 22.4 Å². The van der Waals surface area contributed by atoms with Crippen LogP contribution in [0.3, 0.4) is 0 Å². The minimum Gasteiger partial charge on any atom is -0.444 e. The van der Waals surface area contributed by atoms with Crippen molar-refractivity contribution in [2.45, 2.75) is 43.9 Å². The zero-order chi connectivity index (χ0) is 28.9. The Hall–Kier alpha value is -2.60. The van der Waals surface area contributed by atoms with Crippen LogP contribution in [0.5, 0.6) is 0 Å². The number of aromatic nitrogens is 2. The van der Waals surface area contributed by atoms with E-state index >= 15 is 4.39 Å². The van der Waals surface area contributed by atoms with Gasteiger partial charge in [-0.05, 0) is 32.9 Å². The maximum atomic E-state index is 15.1. The van der Waals surface area contributed by atoms with Crippen LogP contribution in [-0.4, -0.2) is 71.3 Å². The van der Waals surface area contributed by atoms with Crippen molar-refractivity contribution in [2.75, 3.05) is 43.9 Å². The second-order valence-corrected chi connectivity index (χ2v) is 12.5. The average molecular weight is 614 g/mol. The summed E-state index contributed by atoms with van der Waals surface area (Å²) in [6.45, 7) is 7.24. The van der Waals surface area contributed by atoms with Gasteiger partial charge in [0.1, 0.15) is 23.1 Å². The van der Waals surface area contributed by atoms with Gasteiger partial charge in [-0.2, -0.15) is 4.98 Å². The van der Waals surface area contributed by atoms with Gasteiger partial charge in [-0.3, -0.25) is 4.57 Å². The molecule has 2 aliphatic rings. The van der Waals surface area contributed by atoms with Gasteiger partial charge in [-0.15, -0.1) is 11.8 Å². The molecule has 1 amide bonds. The van der Waals surface area contributed by atoms with Crippen LogP contribution in [0.2, 0.25) is 10.0 Å². The smallest absolute Gasteiger partial charge is 0.410 e. The van der Waals surface area contributed by atoms with Crippen molar-refractivity contribution in [3.05, 3.63) is 50.4 Å². The normalized spacial score (nSPS) is 17.8. The number of hydrogen-bond donors (Lipinski definition) is 0. The van der Waals surface area contributed by atoms with Crippen molar-refractivity contribution in [1.29, 1.82) is 0 Å². The lowest BCUT2D eigenvalue weighted by Gasteiger charge is -2.36. The highest BCUT2D eigenvalue weighted by atomic mass is 35.5. The Morgan fingerprint density at radius 2 is 1.77 bits per heavy atom. The van der Waals surface area contributed by atoms with Gasteiger partial charge >= 0.3 is 11.8 Å². The van der Waals surface area contributed by atoms with Gasteiger partial charge in [-0.25, -0.2) is 18.4 Å². The molecule has 1 saturated heterocycles. The molecule has 214 valence electrons. The molecule has 2 aromatic carbocycles. The largest absolute Gasteiger partial charge is 0.444 e. The molecule has 0 bridgehead atoms. The standard InChI is InChI=1S/C27H28Cl2F2N4O4S/c1-27(2,3)39-26(37)34-7-5-33(6-8-34)24-16-10-18(29)21(15-9-17(28)20(31)11-19(15)30)23-22(16)35(25(36)32-24)12-14(38-4)13-40-23/h9-11,14H,5-8,12-13H2,1-4H3/t14-/m0/s1. The van der Waals surface area contributed by atoms with E-state index in [9.17, 15) is 14.0 Å². The molecule has 40 heavy (non-hydrogen) atoms. The van der Waals surface area contributed by atoms with Gasteiger partial charge in [0.15, 0.2) is 0 Å². The number of carbonyl (C=O) groups excluding carboxylic acids is 1. The first-order valence-corrected chi connectivity index (χ1v) is 14.4. The molecule has 1 fully saturated rings. The number of halogens is 4. The Balaban J connectivity index is 1.64. The number of benzene rings is 2. The SMILES string of the molecule is CO[C@@H]1CSc2c(-c3cc(Cl)c(F)cc3F)c(Cl)cc3c(N4CCN(C(=O)OC(C)(C)C)CC4)nc(=O)n(c23)C1. The summed E-state index contributed by atoms with van der Waals surface area (Å²) in [6, 6.07) is 3.58. The maximum Gasteiger partial charge on any atom is 0.410 e. The number of nitrogens with zero attached hydrogens (tertiary/aromatic N) is 4. The summed E-state index contributed by atoms with van der Waals surface area (Å²) in [5, 5.41) is 0.559. The summed E-state index contributed by atoms with van der Waals surface area (Å²) in [4.78, 5) is 34.6. The van der Waals surface area contributed by atoms with Crippen molar-refractivity contribution in [3.63, 3.8) is 0 Å². The maximum absolute atomic E-state index is 15.1. The Kier molecular flexibility index (Phi) is 7.95. The highest BCUT2D eigenvalue weighted by Crippen LogP contribution is 2.46. The Labute approximate surface area is 244 Å². The summed E-state index contributed by atoms with van der Waals surface area (Å²) < 4.78 is 41.7. The number of carbonyl (C=O) groups is 1. The molecular formula is C27H28Cl2F2N4O4S. The van der Waals surface area contributed by atoms with Crippen LogP contribution in [0.4, 0.5) is 19.4 Å². The van der Waals surface area contributed by atoms with E-state index in [1.54, 1.807) is 18.1 Å². The molecule has 0 radical (unpaired) electrons. The number of thioether (sulfide) groups is 1. The number of anilines is 1. The number of amides is 1. The molecule has 8 nitrogen and oxygen atoms in total. The average Bonchev–Trinajstić information content (AvgIpc) is 3.08. The van der Waals surface area contributed by atoms with Gasteiger partial charge < -0.3 is 19.3 Å². The summed E-state index contributed by atoms with van der Waals surface area (Å²) in [7, 11) is 1.56. The van der Waals surface area contributed by atoms with Crippen LogP contribution in [0, 0.1) is 11.6 Å². The molecule has 3 aromatic rings. The lowest BCUT2D eigenvalue weighted by atomic mass is 10.0. The number of piperazine rings is 1. The monoisotopic (exact) mass is 612 g/mol. The van der Waals surface area contributed by atoms with Crippen LogP contribution in [0.25, 0.3) is 22.0 Å². The van der Waals surface area contributed by atoms with E-state index in [4.69, 9.17) is 32.7 Å². The molecule has 0 N–H and O–H groups in total. The van der Waals surface area contributed by atoms with E-state index in [0.29, 0.717) is 59.1 Å². The molecule has 3 heterocycles. The fourth-order valence-electron chi connectivity index (χ4n) is 4.88. The molecular weight excluding hydrogens is 585 g/mol. The van der Waals surface area contributed by atoms with Crippen LogP contribution in [0.15, 0.2) is 27.9 Å². The second-order valence-electron chi connectivity index (χ2n) is 10.7. The number of hydrogen-bond acceptors (Lipinski definition) is 7. The van der Waals surface area contributed by atoms with E-state index < -0.39 is 29.0 Å². The second kappa shape index (κ2) is 11.0. The predicted molar refractivity (Wildman–Crippen MR) is 153 cm³/mol. The first-order chi connectivity index (χ1) is 18.9. The van der Waals surface area contributed by atoms with Crippen molar-refractivity contribution >= 4 is 57.8 Å². The Bertz CT molecular complexity index is 1550. The fourth-order valence-corrected chi connectivity index (χ4v) is 6.72. The summed E-state index contributed by atoms with van der Waals surface area (Å²) in [5.41, 5.74) is -0.225. The van der Waals surface area contributed by atoms with Crippen molar-refractivity contribution in [3.8, 4) is 11.1 Å². The highest BCUT2D eigenvalue weighted by molar-refractivity contribution is 7.99. The fraction of sp³-hybridized carbons (Fsp3) is 0.444. The number of methoxy groups -OCH3 is 1. The summed E-state index contributed by atoms with van der Waals surface area (Å²) in [5.74, 6) is -0.829. The van der Waals surface area contributed by atoms with Crippen LogP contribution >= 0.6 is 35.0 Å². The third-order valence-electron chi connectivity index (χ3n) is 6.79. The Morgan fingerprint density at radius 3 is 2.42 bits per heavy atom. The Morgan fingerprint density at radius 1 is 1.07 bits per heavy atom. The lowest BCUT2D eigenvalue weighted by Crippen LogP contribution is -2.50. The van der Waals surface area contributed by atoms with Gasteiger partial charge in [-0.1, -0.05) is 23.2 Å². The highest BCUT2D eigenvalue weighted by Gasteiger charge is 2.31. The van der Waals surface area contributed by atoms with Crippen LogP contribution in [-0.2, 0) is 16.0 Å². The first kappa shape index (κ1) is 28.9. The van der Waals surface area contributed by atoms with Gasteiger partial charge in [0.25, 0.3) is 0 Å². The van der Waals surface area contributed by atoms with Crippen LogP contribution in [0.1, 0.15) is 20.8 Å². The lowest BCUT2D eigenvalue weighted by molar-refractivity contribution is 0.0240. The van der Waals surface area contributed by atoms with Crippen molar-refractivity contribution < 1.29 is 23.0 Å². The minimum atomic E-state index is -0.883. The van der Waals surface area contributed by atoms with E-state index in [-0.39, 0.29) is 28.3 Å². The van der Waals surface area contributed by atoms with E-state index in [2.05, 4.69) is 4.98 Å². The molecule has 0 unspecified atom stereocenters. The first-order valence-electron chi connectivity index (χ1n) is 12.7. The van der Waals surface area contributed by atoms with Gasteiger partial charge in [0, 0.05) is 66.5 Å². The topological polar surface area (TPSA) is 76.9 Å². The molecule has 5 rings (SSSR count). The quantitative estimate of drug-likeness (QED) is 0.345. The molecule has 2 aliphatic heterocycles. The summed E-state index contributed by atoms with van der Waals surface area (Å²) in [6.07, 6.45) is -0.722. The minimum absolute atomic E-state index is 0.0278. The van der Waals surface area contributed by atoms with Gasteiger partial charge in [0.05, 0.1) is 28.2 Å². The van der Waals surface area contributed by atoms with Crippen molar-refractivity contribution in [1.82, 2.24) is 14.5 Å². The predicted octanol–water partition coefficient (Wildman–Crippen LogP) is 5.83. The molecule has 0 spiro atoms. The van der Waals surface area contributed by atoms with Crippen LogP contribution < -0.4 is 10.6 Å². The van der Waals surface area contributed by atoms with Gasteiger partial charge in [0.2, 0.25) is 0 Å². The zero-order valence-corrected chi connectivity index (χ0v) is 24.7. The van der Waals surface area contributed by atoms with E-state index in [1.807, 2.05) is 25.7 Å². The third-order valence-corrected chi connectivity index (χ3v) is 8.61. The molecule has 1 atom stereocenters. The summed E-state index contributed by atoms with van der Waals surface area (Å²) >= 11 is 14.2. The van der Waals surface area contributed by atoms with Crippen molar-refractivity contribution in [2.24, 2.45) is 0 Å². The number of rotatable bonds is 3. The zero-order valence-electron chi connectivity index (χ0n) is 22.4. The third kappa shape index (κ3) is 5.48. The molecule has 0 saturated carbocycles. The molecule has 1 aromatic heterocycles. The number of ether oxygens (including phenoxy) is 2. The molecule has 13 heteroatoms. The van der Waals surface area contributed by atoms with E-state index in [0.717, 1.165) is 6.07 Å².